The van der Waals surface area contributed by atoms with Crippen LogP contribution in [0, 0.1) is 0 Å². The number of hydrogen-bond donors (Lipinski definition) is 0. The van der Waals surface area contributed by atoms with Gasteiger partial charge in [-0.2, -0.15) is 4.98 Å². The van der Waals surface area contributed by atoms with E-state index in [4.69, 9.17) is 4.74 Å². The van der Waals surface area contributed by atoms with E-state index >= 15 is 0 Å². The fraction of sp³-hybridized carbons (Fsp3) is 0. The SMILES string of the molecule is O=Cc1cccc(Oc2nc(=O)ccs2)c1. The van der Waals surface area contributed by atoms with Crippen LogP contribution in [-0.4, -0.2) is 11.3 Å². The Morgan fingerprint density at radius 3 is 2.94 bits per heavy atom. The summed E-state index contributed by atoms with van der Waals surface area (Å²) in [6, 6.07) is 8.00. The van der Waals surface area contributed by atoms with Gasteiger partial charge < -0.3 is 4.74 Å². The monoisotopic (exact) mass is 233 g/mol. The molecule has 0 saturated heterocycles. The summed E-state index contributed by atoms with van der Waals surface area (Å²) >= 11 is 1.21. The summed E-state index contributed by atoms with van der Waals surface area (Å²) in [5.74, 6) is 0.485. The first-order chi connectivity index (χ1) is 7.78. The van der Waals surface area contributed by atoms with Crippen molar-refractivity contribution in [3.05, 3.63) is 51.6 Å². The summed E-state index contributed by atoms with van der Waals surface area (Å²) in [5, 5.41) is 1.87. The normalized spacial score (nSPS) is 9.75. The highest BCUT2D eigenvalue weighted by Gasteiger charge is 2.00. The number of ether oxygens (including phenoxy) is 1. The lowest BCUT2D eigenvalue weighted by Gasteiger charge is -2.02. The molecule has 0 spiro atoms. The number of benzene rings is 1. The quantitative estimate of drug-likeness (QED) is 0.762. The van der Waals surface area contributed by atoms with E-state index in [2.05, 4.69) is 4.98 Å². The molecule has 0 unspecified atom stereocenters. The molecule has 1 heterocycles. The van der Waals surface area contributed by atoms with Crippen LogP contribution in [0.15, 0.2) is 40.5 Å². The largest absolute Gasteiger partial charge is 0.431 e. The van der Waals surface area contributed by atoms with Crippen LogP contribution in [0.5, 0.6) is 10.9 Å². The van der Waals surface area contributed by atoms with E-state index in [0.717, 1.165) is 6.29 Å². The van der Waals surface area contributed by atoms with Crippen LogP contribution in [0.3, 0.4) is 0 Å². The molecule has 0 N–H and O–H groups in total. The third kappa shape index (κ3) is 2.52. The van der Waals surface area contributed by atoms with Gasteiger partial charge in [-0.15, -0.1) is 0 Å². The fourth-order valence-corrected chi connectivity index (χ4v) is 1.69. The third-order valence-electron chi connectivity index (χ3n) is 1.78. The topological polar surface area (TPSA) is 56.3 Å². The van der Waals surface area contributed by atoms with E-state index < -0.39 is 0 Å². The fourth-order valence-electron chi connectivity index (χ4n) is 1.10. The lowest BCUT2D eigenvalue weighted by atomic mass is 10.2. The van der Waals surface area contributed by atoms with Gasteiger partial charge in [-0.1, -0.05) is 23.5 Å². The molecule has 0 aliphatic heterocycles. The predicted octanol–water partition coefficient (Wildman–Crippen LogP) is 2.11. The van der Waals surface area contributed by atoms with E-state index in [0.29, 0.717) is 11.3 Å². The molecule has 16 heavy (non-hydrogen) atoms. The zero-order chi connectivity index (χ0) is 11.4. The van der Waals surface area contributed by atoms with Crippen LogP contribution in [0.25, 0.3) is 0 Å². The van der Waals surface area contributed by atoms with Crippen LogP contribution >= 0.6 is 11.3 Å². The maximum atomic E-state index is 11.0. The molecular formula is C11H7NO3S. The molecule has 1 aromatic heterocycles. The van der Waals surface area contributed by atoms with E-state index in [1.54, 1.807) is 29.6 Å². The average molecular weight is 233 g/mol. The van der Waals surface area contributed by atoms with E-state index in [1.165, 1.54) is 17.4 Å². The van der Waals surface area contributed by atoms with Crippen molar-refractivity contribution in [3.8, 4) is 10.9 Å². The van der Waals surface area contributed by atoms with Crippen molar-refractivity contribution < 1.29 is 9.53 Å². The number of carbonyl (C=O) groups excluding carboxylic acids is 1. The Balaban J connectivity index is 2.26. The molecule has 0 amide bonds. The van der Waals surface area contributed by atoms with E-state index in [1.807, 2.05) is 0 Å². The van der Waals surface area contributed by atoms with Gasteiger partial charge in [-0.25, -0.2) is 0 Å². The van der Waals surface area contributed by atoms with Crippen molar-refractivity contribution in [2.24, 2.45) is 0 Å². The molecule has 5 heteroatoms. The second-order valence-electron chi connectivity index (χ2n) is 2.93. The van der Waals surface area contributed by atoms with Crippen molar-refractivity contribution in [2.45, 2.75) is 0 Å². The number of hydrogen-bond acceptors (Lipinski definition) is 5. The van der Waals surface area contributed by atoms with Gasteiger partial charge in [0, 0.05) is 17.0 Å². The maximum Gasteiger partial charge on any atom is 0.282 e. The first kappa shape index (κ1) is 10.5. The smallest absolute Gasteiger partial charge is 0.282 e. The van der Waals surface area contributed by atoms with Gasteiger partial charge >= 0.3 is 0 Å². The zero-order valence-corrected chi connectivity index (χ0v) is 8.94. The predicted molar refractivity (Wildman–Crippen MR) is 60.3 cm³/mol. The van der Waals surface area contributed by atoms with Gasteiger partial charge in [0.1, 0.15) is 12.0 Å². The number of nitrogens with zero attached hydrogens (tertiary/aromatic N) is 1. The minimum atomic E-state index is -0.347. The molecule has 2 rings (SSSR count). The summed E-state index contributed by atoms with van der Waals surface area (Å²) in [6.07, 6.45) is 0.730. The van der Waals surface area contributed by atoms with Gasteiger partial charge in [0.15, 0.2) is 0 Å². The number of aldehydes is 1. The standard InChI is InChI=1S/C11H7NO3S/c13-7-8-2-1-3-9(6-8)15-11-12-10(14)4-5-16-11/h1-7H. The molecule has 4 nitrogen and oxygen atoms in total. The van der Waals surface area contributed by atoms with Gasteiger partial charge in [0.05, 0.1) is 0 Å². The molecule has 0 radical (unpaired) electrons. The van der Waals surface area contributed by atoms with Gasteiger partial charge in [-0.3, -0.25) is 9.59 Å². The Labute approximate surface area is 95.2 Å². The number of aromatic nitrogens is 1. The van der Waals surface area contributed by atoms with Crippen molar-refractivity contribution in [2.75, 3.05) is 0 Å². The molecule has 1 aromatic carbocycles. The summed E-state index contributed by atoms with van der Waals surface area (Å²) < 4.78 is 5.35. The Morgan fingerprint density at radius 1 is 1.31 bits per heavy atom. The van der Waals surface area contributed by atoms with Crippen LogP contribution in [0.2, 0.25) is 0 Å². The third-order valence-corrected chi connectivity index (χ3v) is 2.43. The van der Waals surface area contributed by atoms with Crippen LogP contribution in [0.4, 0.5) is 0 Å². The lowest BCUT2D eigenvalue weighted by Crippen LogP contribution is -2.02. The Bertz CT molecular complexity index is 565. The minimum absolute atomic E-state index is 0.260. The van der Waals surface area contributed by atoms with Crippen molar-refractivity contribution in [1.82, 2.24) is 4.98 Å². The molecule has 0 aliphatic rings. The van der Waals surface area contributed by atoms with Gasteiger partial charge in [-0.05, 0) is 12.1 Å². The van der Waals surface area contributed by atoms with Crippen LogP contribution in [-0.2, 0) is 0 Å². The molecule has 0 saturated carbocycles. The van der Waals surface area contributed by atoms with Crippen molar-refractivity contribution in [3.63, 3.8) is 0 Å². The first-order valence-electron chi connectivity index (χ1n) is 4.47. The first-order valence-corrected chi connectivity index (χ1v) is 5.35. The molecule has 80 valence electrons. The summed E-state index contributed by atoms with van der Waals surface area (Å²) in [7, 11) is 0. The highest BCUT2D eigenvalue weighted by molar-refractivity contribution is 7.11. The molecule has 0 atom stereocenters. The molecule has 2 aromatic rings. The number of rotatable bonds is 3. The van der Waals surface area contributed by atoms with Crippen molar-refractivity contribution >= 4 is 17.6 Å². The Morgan fingerprint density at radius 2 is 2.19 bits per heavy atom. The highest BCUT2D eigenvalue weighted by atomic mass is 32.1. The van der Waals surface area contributed by atoms with Crippen molar-refractivity contribution in [1.29, 1.82) is 0 Å². The second-order valence-corrected chi connectivity index (χ2v) is 3.79. The lowest BCUT2D eigenvalue weighted by molar-refractivity contribution is 0.112. The summed E-state index contributed by atoms with van der Waals surface area (Å²) in [5.41, 5.74) is 0.168. The van der Waals surface area contributed by atoms with E-state index in [9.17, 15) is 9.59 Å². The van der Waals surface area contributed by atoms with Gasteiger partial charge in [0.2, 0.25) is 0 Å². The minimum Gasteiger partial charge on any atom is -0.431 e. The van der Waals surface area contributed by atoms with Crippen LogP contribution in [0.1, 0.15) is 10.4 Å². The molecule has 0 bridgehead atoms. The Kier molecular flexibility index (Phi) is 3.07. The van der Waals surface area contributed by atoms with Crippen LogP contribution < -0.4 is 10.3 Å². The van der Waals surface area contributed by atoms with E-state index in [-0.39, 0.29) is 10.8 Å². The Hall–Kier alpha value is -2.01. The molecular weight excluding hydrogens is 226 g/mol. The summed E-state index contributed by atoms with van der Waals surface area (Å²) in [6.45, 7) is 0. The highest BCUT2D eigenvalue weighted by Crippen LogP contribution is 2.21. The maximum absolute atomic E-state index is 11.0. The second kappa shape index (κ2) is 4.67. The average Bonchev–Trinajstić information content (AvgIpc) is 2.29. The van der Waals surface area contributed by atoms with Gasteiger partial charge in [0.25, 0.3) is 10.8 Å². The number of carbonyl (C=O) groups is 1. The molecule has 0 fully saturated rings. The summed E-state index contributed by atoms with van der Waals surface area (Å²) in [4.78, 5) is 25.2. The molecule has 0 aliphatic carbocycles. The zero-order valence-electron chi connectivity index (χ0n) is 8.12.